The lowest BCUT2D eigenvalue weighted by atomic mass is 10.1. The Bertz CT molecular complexity index is 1300. The minimum absolute atomic E-state index is 0.160. The van der Waals surface area contributed by atoms with Crippen LogP contribution < -0.4 is 4.90 Å². The van der Waals surface area contributed by atoms with E-state index in [0.717, 1.165) is 30.9 Å². The van der Waals surface area contributed by atoms with Crippen molar-refractivity contribution in [2.24, 2.45) is 0 Å². The van der Waals surface area contributed by atoms with E-state index in [2.05, 4.69) is 9.88 Å². The van der Waals surface area contributed by atoms with Gasteiger partial charge in [-0.05, 0) is 69.7 Å². The van der Waals surface area contributed by atoms with Crippen molar-refractivity contribution in [1.82, 2.24) is 14.8 Å². The van der Waals surface area contributed by atoms with Gasteiger partial charge < -0.3 is 14.5 Å². The molecule has 0 radical (unpaired) electrons. The standard InChI is InChI=1S/C30H35FN4O3/c1-21-26(13-14-27(32-21)23-7-6-8-24(31)19-23)28(36)33(5)25-11-9-22(10-12-25)20-34-15-17-35(18-16-34)29(37)38-30(2,3)4/h6-14,19H,15-18,20H2,1-5H3. The summed E-state index contributed by atoms with van der Waals surface area (Å²) in [6.07, 6.45) is -0.261. The molecule has 2 amide bonds. The molecule has 8 heteroatoms. The maximum Gasteiger partial charge on any atom is 0.410 e. The van der Waals surface area contributed by atoms with Crippen molar-refractivity contribution in [3.63, 3.8) is 0 Å². The van der Waals surface area contributed by atoms with Crippen molar-refractivity contribution in [2.75, 3.05) is 38.1 Å². The molecular weight excluding hydrogens is 483 g/mol. The fraction of sp³-hybridized carbons (Fsp3) is 0.367. The first-order valence-corrected chi connectivity index (χ1v) is 12.8. The van der Waals surface area contributed by atoms with Crippen molar-refractivity contribution in [1.29, 1.82) is 0 Å². The lowest BCUT2D eigenvalue weighted by molar-refractivity contribution is 0.0139. The molecule has 4 rings (SSSR count). The first-order valence-electron chi connectivity index (χ1n) is 12.8. The summed E-state index contributed by atoms with van der Waals surface area (Å²) < 4.78 is 19.1. The quantitative estimate of drug-likeness (QED) is 0.445. The molecule has 0 atom stereocenters. The molecule has 0 N–H and O–H groups in total. The molecule has 2 heterocycles. The molecule has 0 bridgehead atoms. The molecule has 2 aromatic carbocycles. The highest BCUT2D eigenvalue weighted by atomic mass is 19.1. The Labute approximate surface area is 223 Å². The molecule has 3 aromatic rings. The Kier molecular flexibility index (Phi) is 8.11. The second-order valence-electron chi connectivity index (χ2n) is 10.6. The zero-order valence-corrected chi connectivity index (χ0v) is 22.7. The minimum Gasteiger partial charge on any atom is -0.444 e. The summed E-state index contributed by atoms with van der Waals surface area (Å²) >= 11 is 0. The zero-order valence-electron chi connectivity index (χ0n) is 22.7. The van der Waals surface area contributed by atoms with Crippen LogP contribution in [-0.4, -0.2) is 65.6 Å². The van der Waals surface area contributed by atoms with Gasteiger partial charge in [0.25, 0.3) is 5.91 Å². The van der Waals surface area contributed by atoms with Gasteiger partial charge in [0.2, 0.25) is 0 Å². The molecule has 1 saturated heterocycles. The third-order valence-electron chi connectivity index (χ3n) is 6.50. The van der Waals surface area contributed by atoms with Gasteiger partial charge in [0.1, 0.15) is 11.4 Å². The molecule has 1 aliphatic rings. The van der Waals surface area contributed by atoms with Crippen LogP contribution in [0.1, 0.15) is 42.4 Å². The van der Waals surface area contributed by atoms with Crippen LogP contribution in [0.5, 0.6) is 0 Å². The first kappa shape index (κ1) is 27.3. The fourth-order valence-corrected chi connectivity index (χ4v) is 4.39. The third-order valence-corrected chi connectivity index (χ3v) is 6.50. The van der Waals surface area contributed by atoms with E-state index >= 15 is 0 Å². The second-order valence-corrected chi connectivity index (χ2v) is 10.6. The topological polar surface area (TPSA) is 66.0 Å². The van der Waals surface area contributed by atoms with Gasteiger partial charge in [-0.3, -0.25) is 14.7 Å². The number of benzene rings is 2. The largest absolute Gasteiger partial charge is 0.444 e. The van der Waals surface area contributed by atoms with Crippen LogP contribution in [-0.2, 0) is 11.3 Å². The zero-order chi connectivity index (χ0) is 27.4. The molecule has 0 saturated carbocycles. The number of aryl methyl sites for hydroxylation is 1. The molecule has 0 aliphatic carbocycles. The molecular formula is C30H35FN4O3. The van der Waals surface area contributed by atoms with Gasteiger partial charge in [-0.25, -0.2) is 9.18 Å². The highest BCUT2D eigenvalue weighted by Gasteiger charge is 2.26. The summed E-state index contributed by atoms with van der Waals surface area (Å²) in [4.78, 5) is 35.7. The van der Waals surface area contributed by atoms with Crippen molar-refractivity contribution in [3.05, 3.63) is 83.3 Å². The molecule has 0 spiro atoms. The maximum absolute atomic E-state index is 13.6. The summed E-state index contributed by atoms with van der Waals surface area (Å²) in [7, 11) is 1.74. The van der Waals surface area contributed by atoms with Gasteiger partial charge in [0.15, 0.2) is 0 Å². The number of aromatic nitrogens is 1. The summed E-state index contributed by atoms with van der Waals surface area (Å²) in [5.74, 6) is -0.486. The van der Waals surface area contributed by atoms with E-state index in [1.807, 2.05) is 45.0 Å². The Morgan fingerprint density at radius 2 is 1.68 bits per heavy atom. The van der Waals surface area contributed by atoms with Gasteiger partial charge in [-0.1, -0.05) is 24.3 Å². The summed E-state index contributed by atoms with van der Waals surface area (Å²) in [5, 5.41) is 0. The number of rotatable bonds is 5. The number of nitrogens with zero attached hydrogens (tertiary/aromatic N) is 4. The van der Waals surface area contributed by atoms with Gasteiger partial charge in [-0.15, -0.1) is 0 Å². The number of piperazine rings is 1. The average Bonchev–Trinajstić information content (AvgIpc) is 2.88. The van der Waals surface area contributed by atoms with Crippen molar-refractivity contribution >= 4 is 17.7 Å². The van der Waals surface area contributed by atoms with E-state index in [9.17, 15) is 14.0 Å². The fourth-order valence-electron chi connectivity index (χ4n) is 4.39. The first-order chi connectivity index (χ1) is 18.0. The number of halogens is 1. The summed E-state index contributed by atoms with van der Waals surface area (Å²) in [6.45, 7) is 11.0. The molecule has 200 valence electrons. The molecule has 7 nitrogen and oxygen atoms in total. The molecule has 1 aliphatic heterocycles. The predicted molar refractivity (Wildman–Crippen MR) is 147 cm³/mol. The molecule has 0 unspecified atom stereocenters. The maximum atomic E-state index is 13.6. The van der Waals surface area contributed by atoms with Crippen LogP contribution in [0.15, 0.2) is 60.7 Å². The van der Waals surface area contributed by atoms with Crippen LogP contribution >= 0.6 is 0 Å². The van der Waals surface area contributed by atoms with Gasteiger partial charge >= 0.3 is 6.09 Å². The number of carbonyl (C=O) groups excluding carboxylic acids is 2. The van der Waals surface area contributed by atoms with Gasteiger partial charge in [0, 0.05) is 51.0 Å². The van der Waals surface area contributed by atoms with E-state index in [1.165, 1.54) is 12.1 Å². The Morgan fingerprint density at radius 3 is 2.29 bits per heavy atom. The van der Waals surface area contributed by atoms with Crippen LogP contribution in [0, 0.1) is 12.7 Å². The highest BCUT2D eigenvalue weighted by Crippen LogP contribution is 2.23. The van der Waals surface area contributed by atoms with E-state index < -0.39 is 5.60 Å². The lowest BCUT2D eigenvalue weighted by Gasteiger charge is -2.35. The number of carbonyl (C=O) groups is 2. The van der Waals surface area contributed by atoms with Crippen LogP contribution in [0.2, 0.25) is 0 Å². The van der Waals surface area contributed by atoms with Crippen molar-refractivity contribution in [3.8, 4) is 11.3 Å². The number of hydrogen-bond donors (Lipinski definition) is 0. The van der Waals surface area contributed by atoms with Crippen LogP contribution in [0.25, 0.3) is 11.3 Å². The highest BCUT2D eigenvalue weighted by molar-refractivity contribution is 6.06. The van der Waals surface area contributed by atoms with E-state index in [-0.39, 0.29) is 17.8 Å². The average molecular weight is 519 g/mol. The summed E-state index contributed by atoms with van der Waals surface area (Å²) in [5.41, 5.74) is 3.80. The van der Waals surface area contributed by atoms with Crippen LogP contribution in [0.4, 0.5) is 14.9 Å². The van der Waals surface area contributed by atoms with Crippen molar-refractivity contribution in [2.45, 2.75) is 39.8 Å². The lowest BCUT2D eigenvalue weighted by Crippen LogP contribution is -2.49. The second kappa shape index (κ2) is 11.3. The summed E-state index contributed by atoms with van der Waals surface area (Å²) in [6, 6.07) is 17.7. The molecule has 38 heavy (non-hydrogen) atoms. The van der Waals surface area contributed by atoms with Crippen LogP contribution in [0.3, 0.4) is 0 Å². The molecule has 1 fully saturated rings. The Morgan fingerprint density at radius 1 is 1.00 bits per heavy atom. The minimum atomic E-state index is -0.494. The molecule has 1 aromatic heterocycles. The SMILES string of the molecule is Cc1nc(-c2cccc(F)c2)ccc1C(=O)N(C)c1ccc(CN2CCN(C(=O)OC(C)(C)C)CC2)cc1. The normalized spacial score (nSPS) is 14.3. The number of ether oxygens (including phenoxy) is 1. The monoisotopic (exact) mass is 518 g/mol. The van der Waals surface area contributed by atoms with Gasteiger partial charge in [-0.2, -0.15) is 0 Å². The Balaban J connectivity index is 1.35. The number of pyridine rings is 1. The number of amides is 2. The Hall–Kier alpha value is -3.78. The van der Waals surface area contributed by atoms with Gasteiger partial charge in [0.05, 0.1) is 17.0 Å². The van der Waals surface area contributed by atoms with E-state index in [4.69, 9.17) is 4.74 Å². The number of anilines is 1. The van der Waals surface area contributed by atoms with E-state index in [1.54, 1.807) is 48.0 Å². The van der Waals surface area contributed by atoms with E-state index in [0.29, 0.717) is 35.6 Å². The van der Waals surface area contributed by atoms with Crippen molar-refractivity contribution < 1.29 is 18.7 Å². The smallest absolute Gasteiger partial charge is 0.410 e. The predicted octanol–water partition coefficient (Wildman–Crippen LogP) is 5.53. The number of hydrogen-bond acceptors (Lipinski definition) is 5. The third kappa shape index (κ3) is 6.75.